The molecule has 1 saturated heterocycles. The fourth-order valence-corrected chi connectivity index (χ4v) is 2.64. The van der Waals surface area contributed by atoms with E-state index in [4.69, 9.17) is 0 Å². The number of amides is 2. The number of likely N-dealkylation sites (tertiary alicyclic amines) is 1. The number of phenols is 1. The van der Waals surface area contributed by atoms with Crippen molar-refractivity contribution in [2.24, 2.45) is 0 Å². The van der Waals surface area contributed by atoms with Crippen LogP contribution in [0.3, 0.4) is 0 Å². The first kappa shape index (κ1) is 13.9. The molecule has 1 atom stereocenters. The van der Waals surface area contributed by atoms with Crippen molar-refractivity contribution in [3.05, 3.63) is 28.2 Å². The van der Waals surface area contributed by atoms with Crippen molar-refractivity contribution < 1.29 is 14.7 Å². The highest BCUT2D eigenvalue weighted by molar-refractivity contribution is 9.10. The van der Waals surface area contributed by atoms with E-state index in [-0.39, 0.29) is 23.1 Å². The van der Waals surface area contributed by atoms with Crippen LogP contribution < -0.4 is 5.32 Å². The van der Waals surface area contributed by atoms with Gasteiger partial charge in [-0.15, -0.1) is 0 Å². The topological polar surface area (TPSA) is 69.6 Å². The van der Waals surface area contributed by atoms with Gasteiger partial charge in [0.05, 0.1) is 5.56 Å². The summed E-state index contributed by atoms with van der Waals surface area (Å²) in [4.78, 5) is 25.7. The number of aromatic hydroxyl groups is 1. The number of nitrogens with zero attached hydrogens (tertiary/aromatic N) is 1. The van der Waals surface area contributed by atoms with E-state index in [1.165, 1.54) is 11.0 Å². The first-order valence-electron chi connectivity index (χ1n) is 6.05. The van der Waals surface area contributed by atoms with Crippen molar-refractivity contribution in [1.29, 1.82) is 0 Å². The molecule has 1 unspecified atom stereocenters. The van der Waals surface area contributed by atoms with Gasteiger partial charge in [-0.05, 0) is 31.0 Å². The molecular weight excluding hydrogens is 312 g/mol. The summed E-state index contributed by atoms with van der Waals surface area (Å²) in [5, 5.41) is 12.3. The van der Waals surface area contributed by atoms with Crippen LogP contribution in [0.5, 0.6) is 5.75 Å². The minimum atomic E-state index is -0.448. The molecule has 5 nitrogen and oxygen atoms in total. The first-order valence-corrected chi connectivity index (χ1v) is 6.85. The maximum absolute atomic E-state index is 12.4. The third-order valence-corrected chi connectivity index (χ3v) is 3.74. The van der Waals surface area contributed by atoms with Gasteiger partial charge < -0.3 is 15.3 Å². The molecule has 1 aliphatic rings. The van der Waals surface area contributed by atoms with E-state index >= 15 is 0 Å². The van der Waals surface area contributed by atoms with Gasteiger partial charge in [-0.3, -0.25) is 9.59 Å². The Balaban J connectivity index is 2.28. The highest BCUT2D eigenvalue weighted by Gasteiger charge is 2.34. The SMILES string of the molecule is CNC(=O)C1CCCN1C(=O)c1cc(Br)ccc1O. The Labute approximate surface area is 119 Å². The lowest BCUT2D eigenvalue weighted by Crippen LogP contribution is -2.44. The van der Waals surface area contributed by atoms with Crippen LogP contribution >= 0.6 is 15.9 Å². The molecule has 0 aliphatic carbocycles. The molecule has 0 aromatic heterocycles. The van der Waals surface area contributed by atoms with Crippen molar-refractivity contribution in [2.75, 3.05) is 13.6 Å². The molecule has 19 heavy (non-hydrogen) atoms. The summed E-state index contributed by atoms with van der Waals surface area (Å²) in [5.41, 5.74) is 0.213. The molecule has 2 N–H and O–H groups in total. The summed E-state index contributed by atoms with van der Waals surface area (Å²) in [6.45, 7) is 0.531. The number of benzene rings is 1. The van der Waals surface area contributed by atoms with Crippen LogP contribution in [0.1, 0.15) is 23.2 Å². The van der Waals surface area contributed by atoms with Gasteiger partial charge in [0.1, 0.15) is 11.8 Å². The molecule has 6 heteroatoms. The van der Waals surface area contributed by atoms with E-state index in [2.05, 4.69) is 21.2 Å². The quantitative estimate of drug-likeness (QED) is 0.865. The number of carbonyl (C=O) groups is 2. The van der Waals surface area contributed by atoms with E-state index in [1.54, 1.807) is 19.2 Å². The second kappa shape index (κ2) is 5.61. The largest absolute Gasteiger partial charge is 0.507 e. The zero-order valence-corrected chi connectivity index (χ0v) is 12.1. The molecule has 0 spiro atoms. The van der Waals surface area contributed by atoms with E-state index in [0.29, 0.717) is 17.4 Å². The van der Waals surface area contributed by atoms with Crippen LogP contribution in [0.25, 0.3) is 0 Å². The lowest BCUT2D eigenvalue weighted by Gasteiger charge is -2.23. The molecule has 0 radical (unpaired) electrons. The fourth-order valence-electron chi connectivity index (χ4n) is 2.28. The van der Waals surface area contributed by atoms with Gasteiger partial charge in [-0.2, -0.15) is 0 Å². The molecule has 2 rings (SSSR count). The molecule has 0 bridgehead atoms. The maximum Gasteiger partial charge on any atom is 0.258 e. The zero-order chi connectivity index (χ0) is 14.0. The lowest BCUT2D eigenvalue weighted by molar-refractivity contribution is -0.124. The zero-order valence-electron chi connectivity index (χ0n) is 10.5. The standard InChI is InChI=1S/C13H15BrN2O3/c1-15-12(18)10-3-2-6-16(10)13(19)9-7-8(14)4-5-11(9)17/h4-5,7,10,17H,2-3,6H2,1H3,(H,15,18). The lowest BCUT2D eigenvalue weighted by atomic mass is 10.1. The summed E-state index contributed by atoms with van der Waals surface area (Å²) in [7, 11) is 1.56. The molecular formula is C13H15BrN2O3. The Morgan fingerprint density at radius 2 is 2.21 bits per heavy atom. The van der Waals surface area contributed by atoms with Crippen LogP contribution in [-0.2, 0) is 4.79 Å². The Bertz CT molecular complexity index is 519. The molecule has 0 saturated carbocycles. The third-order valence-electron chi connectivity index (χ3n) is 3.25. The molecule has 1 heterocycles. The summed E-state index contributed by atoms with van der Waals surface area (Å²) in [6, 6.07) is 4.24. The molecule has 102 valence electrons. The number of rotatable bonds is 2. The van der Waals surface area contributed by atoms with Gasteiger partial charge in [-0.25, -0.2) is 0 Å². The van der Waals surface area contributed by atoms with Gasteiger partial charge in [0.2, 0.25) is 5.91 Å². The third kappa shape index (κ3) is 2.73. The van der Waals surface area contributed by atoms with Crippen molar-refractivity contribution in [3.63, 3.8) is 0 Å². The summed E-state index contributed by atoms with van der Waals surface area (Å²) >= 11 is 3.27. The van der Waals surface area contributed by atoms with Crippen molar-refractivity contribution in [2.45, 2.75) is 18.9 Å². The highest BCUT2D eigenvalue weighted by atomic mass is 79.9. The fraction of sp³-hybridized carbons (Fsp3) is 0.385. The Kier molecular flexibility index (Phi) is 4.09. The Morgan fingerprint density at radius 3 is 2.89 bits per heavy atom. The average Bonchev–Trinajstić information content (AvgIpc) is 2.89. The number of carbonyl (C=O) groups excluding carboxylic acids is 2. The van der Waals surface area contributed by atoms with Gasteiger partial charge in [0, 0.05) is 18.1 Å². The number of likely N-dealkylation sites (N-methyl/N-ethyl adjacent to an activating group) is 1. The minimum absolute atomic E-state index is 0.0734. The first-order chi connectivity index (χ1) is 9.04. The van der Waals surface area contributed by atoms with Crippen LogP contribution in [0, 0.1) is 0 Å². The van der Waals surface area contributed by atoms with Crippen LogP contribution in [0.2, 0.25) is 0 Å². The highest BCUT2D eigenvalue weighted by Crippen LogP contribution is 2.27. The predicted molar refractivity (Wildman–Crippen MR) is 73.9 cm³/mol. The molecule has 2 amide bonds. The number of phenolic OH excluding ortho intramolecular Hbond substituents is 1. The van der Waals surface area contributed by atoms with Crippen molar-refractivity contribution >= 4 is 27.7 Å². The van der Waals surface area contributed by atoms with Crippen LogP contribution in [0.4, 0.5) is 0 Å². The second-order valence-corrected chi connectivity index (χ2v) is 5.35. The van der Waals surface area contributed by atoms with Gasteiger partial charge in [0.15, 0.2) is 0 Å². The van der Waals surface area contributed by atoms with Crippen molar-refractivity contribution in [1.82, 2.24) is 10.2 Å². The second-order valence-electron chi connectivity index (χ2n) is 4.43. The van der Waals surface area contributed by atoms with Crippen LogP contribution in [-0.4, -0.2) is 41.5 Å². The number of nitrogens with one attached hydrogen (secondary N) is 1. The van der Waals surface area contributed by atoms with Gasteiger partial charge in [-0.1, -0.05) is 15.9 Å². The smallest absolute Gasteiger partial charge is 0.258 e. The maximum atomic E-state index is 12.4. The van der Waals surface area contributed by atoms with Gasteiger partial charge >= 0.3 is 0 Å². The summed E-state index contributed by atoms with van der Waals surface area (Å²) < 4.78 is 0.712. The molecule has 1 aromatic carbocycles. The van der Waals surface area contributed by atoms with E-state index in [0.717, 1.165) is 6.42 Å². The minimum Gasteiger partial charge on any atom is -0.507 e. The van der Waals surface area contributed by atoms with E-state index in [9.17, 15) is 14.7 Å². The van der Waals surface area contributed by atoms with E-state index in [1.807, 2.05) is 0 Å². The summed E-state index contributed by atoms with van der Waals surface area (Å²) in [6.07, 6.45) is 1.44. The molecule has 1 aromatic rings. The normalized spacial score (nSPS) is 18.4. The Morgan fingerprint density at radius 1 is 1.47 bits per heavy atom. The van der Waals surface area contributed by atoms with E-state index < -0.39 is 6.04 Å². The molecule has 1 fully saturated rings. The monoisotopic (exact) mass is 326 g/mol. The Hall–Kier alpha value is -1.56. The number of hydrogen-bond donors (Lipinski definition) is 2. The average molecular weight is 327 g/mol. The predicted octanol–water partition coefficient (Wildman–Crippen LogP) is 1.51. The number of halogens is 1. The number of hydrogen-bond acceptors (Lipinski definition) is 3. The molecule has 1 aliphatic heterocycles. The summed E-state index contributed by atoms with van der Waals surface area (Å²) in [5.74, 6) is -0.555. The van der Waals surface area contributed by atoms with Crippen LogP contribution in [0.15, 0.2) is 22.7 Å². The van der Waals surface area contributed by atoms with Gasteiger partial charge in [0.25, 0.3) is 5.91 Å². The van der Waals surface area contributed by atoms with Crippen molar-refractivity contribution in [3.8, 4) is 5.75 Å².